The van der Waals surface area contributed by atoms with Crippen molar-refractivity contribution in [3.05, 3.63) is 12.2 Å². The summed E-state index contributed by atoms with van der Waals surface area (Å²) in [5.74, 6) is -0.352. The summed E-state index contributed by atoms with van der Waals surface area (Å²) in [6.07, 6.45) is 5.44. The molecule has 0 N–H and O–H groups in total. The van der Waals surface area contributed by atoms with Gasteiger partial charge in [-0.3, -0.25) is 9.59 Å². The first-order valence-electron chi connectivity index (χ1n) is 4.15. The number of carbonyl (C=O) groups is 2. The van der Waals surface area contributed by atoms with Crippen molar-refractivity contribution in [3.63, 3.8) is 0 Å². The summed E-state index contributed by atoms with van der Waals surface area (Å²) in [7, 11) is 0. The van der Waals surface area contributed by atoms with E-state index < -0.39 is 0 Å². The van der Waals surface area contributed by atoms with Gasteiger partial charge in [0.05, 0.1) is 12.3 Å². The minimum atomic E-state index is -0.360. The van der Waals surface area contributed by atoms with E-state index in [0.29, 0.717) is 12.3 Å². The second-order valence-electron chi connectivity index (χ2n) is 3.91. The second-order valence-corrected chi connectivity index (χ2v) is 3.91. The SMILES string of the molecule is O=C1CC23C=CC(C2)C3C(=O)O1. The molecule has 0 aromatic heterocycles. The number of hydrogen-bond donors (Lipinski definition) is 0. The molecule has 3 atom stereocenters. The Morgan fingerprint density at radius 3 is 3.08 bits per heavy atom. The molecule has 2 bridgehead atoms. The van der Waals surface area contributed by atoms with Gasteiger partial charge < -0.3 is 4.74 Å². The Labute approximate surface area is 69.4 Å². The highest BCUT2D eigenvalue weighted by atomic mass is 16.6. The van der Waals surface area contributed by atoms with Gasteiger partial charge in [-0.15, -0.1) is 0 Å². The quantitative estimate of drug-likeness (QED) is 0.300. The second kappa shape index (κ2) is 1.63. The Balaban J connectivity index is 2.03. The molecule has 1 spiro atoms. The molecule has 1 heterocycles. The zero-order chi connectivity index (χ0) is 8.34. The normalized spacial score (nSPS) is 48.3. The standard InChI is InChI=1S/C9H8O3/c10-6-4-9-2-1-5(3-9)7(9)8(11)12-6/h1-2,5,7H,3-4H2. The van der Waals surface area contributed by atoms with Crippen LogP contribution in [0, 0.1) is 17.3 Å². The van der Waals surface area contributed by atoms with Crippen LogP contribution in [-0.4, -0.2) is 11.9 Å². The Morgan fingerprint density at radius 2 is 2.33 bits per heavy atom. The molecule has 12 heavy (non-hydrogen) atoms. The largest absolute Gasteiger partial charge is 0.393 e. The van der Waals surface area contributed by atoms with E-state index in [1.165, 1.54) is 0 Å². The number of carbonyl (C=O) groups excluding carboxylic acids is 2. The third kappa shape index (κ3) is 0.510. The summed E-state index contributed by atoms with van der Waals surface area (Å²) in [5, 5.41) is 0. The van der Waals surface area contributed by atoms with Gasteiger partial charge in [0.1, 0.15) is 0 Å². The number of ether oxygens (including phenoxy) is 1. The van der Waals surface area contributed by atoms with Crippen LogP contribution >= 0.6 is 0 Å². The summed E-state index contributed by atoms with van der Waals surface area (Å²) in [6, 6.07) is 0. The third-order valence-corrected chi connectivity index (χ3v) is 3.28. The molecule has 4 rings (SSSR count). The highest BCUT2D eigenvalue weighted by Crippen LogP contribution is 2.62. The molecule has 0 aromatic carbocycles. The molecule has 1 saturated carbocycles. The van der Waals surface area contributed by atoms with Crippen LogP contribution < -0.4 is 0 Å². The van der Waals surface area contributed by atoms with Crippen molar-refractivity contribution in [1.82, 2.24) is 0 Å². The van der Waals surface area contributed by atoms with Crippen molar-refractivity contribution in [2.45, 2.75) is 12.8 Å². The maximum absolute atomic E-state index is 11.2. The van der Waals surface area contributed by atoms with E-state index in [-0.39, 0.29) is 23.3 Å². The van der Waals surface area contributed by atoms with Gasteiger partial charge in [-0.1, -0.05) is 12.2 Å². The van der Waals surface area contributed by atoms with Gasteiger partial charge in [0.15, 0.2) is 0 Å². The van der Waals surface area contributed by atoms with Gasteiger partial charge in [-0.25, -0.2) is 0 Å². The Morgan fingerprint density at radius 1 is 1.50 bits per heavy atom. The molecule has 3 aliphatic carbocycles. The average Bonchev–Trinajstić information content (AvgIpc) is 2.41. The van der Waals surface area contributed by atoms with Crippen molar-refractivity contribution in [2.75, 3.05) is 0 Å². The number of cyclic esters (lactones) is 2. The lowest BCUT2D eigenvalue weighted by Crippen LogP contribution is -2.52. The minimum absolute atomic E-state index is 0.0322. The van der Waals surface area contributed by atoms with Crippen molar-refractivity contribution in [2.24, 2.45) is 17.3 Å². The van der Waals surface area contributed by atoms with Gasteiger partial charge >= 0.3 is 11.9 Å². The fourth-order valence-corrected chi connectivity index (χ4v) is 2.75. The predicted molar refractivity (Wildman–Crippen MR) is 38.9 cm³/mol. The molecular formula is C9H8O3. The van der Waals surface area contributed by atoms with Gasteiger partial charge in [0.25, 0.3) is 0 Å². The summed E-state index contributed by atoms with van der Waals surface area (Å²) in [6.45, 7) is 0. The fourth-order valence-electron chi connectivity index (χ4n) is 2.75. The molecule has 0 radical (unpaired) electrons. The molecular weight excluding hydrogens is 156 g/mol. The van der Waals surface area contributed by atoms with E-state index in [2.05, 4.69) is 4.74 Å². The number of hydrogen-bond acceptors (Lipinski definition) is 3. The lowest BCUT2D eigenvalue weighted by Gasteiger charge is -2.47. The highest BCUT2D eigenvalue weighted by molar-refractivity contribution is 5.93. The van der Waals surface area contributed by atoms with Gasteiger partial charge in [-0.2, -0.15) is 0 Å². The van der Waals surface area contributed by atoms with Crippen molar-refractivity contribution < 1.29 is 14.3 Å². The lowest BCUT2D eigenvalue weighted by molar-refractivity contribution is -0.183. The van der Waals surface area contributed by atoms with Crippen LogP contribution in [0.1, 0.15) is 12.8 Å². The first kappa shape index (κ1) is 6.40. The number of rotatable bonds is 0. The number of allylic oxidation sites excluding steroid dienone is 2. The molecule has 1 aliphatic heterocycles. The summed E-state index contributed by atoms with van der Waals surface area (Å²) < 4.78 is 4.58. The van der Waals surface area contributed by atoms with Crippen LogP contribution in [0.25, 0.3) is 0 Å². The van der Waals surface area contributed by atoms with E-state index >= 15 is 0 Å². The molecule has 3 heteroatoms. The average molecular weight is 164 g/mol. The summed E-state index contributed by atoms with van der Waals surface area (Å²) in [4.78, 5) is 22.2. The first-order valence-corrected chi connectivity index (χ1v) is 4.15. The van der Waals surface area contributed by atoms with E-state index in [1.807, 2.05) is 12.2 Å². The van der Waals surface area contributed by atoms with Crippen molar-refractivity contribution in [3.8, 4) is 0 Å². The molecule has 2 fully saturated rings. The van der Waals surface area contributed by atoms with Crippen LogP contribution in [0.3, 0.4) is 0 Å². The van der Waals surface area contributed by atoms with Crippen molar-refractivity contribution >= 4 is 11.9 Å². The molecule has 62 valence electrons. The van der Waals surface area contributed by atoms with Crippen LogP contribution in [0.5, 0.6) is 0 Å². The summed E-state index contributed by atoms with van der Waals surface area (Å²) >= 11 is 0. The van der Waals surface area contributed by atoms with Crippen LogP contribution in [-0.2, 0) is 14.3 Å². The van der Waals surface area contributed by atoms with Crippen LogP contribution in [0.2, 0.25) is 0 Å². The molecule has 0 aromatic rings. The van der Waals surface area contributed by atoms with E-state index in [0.717, 1.165) is 6.42 Å². The maximum Gasteiger partial charge on any atom is 0.318 e. The Bertz CT molecular complexity index is 318. The Hall–Kier alpha value is -1.12. The zero-order valence-electron chi connectivity index (χ0n) is 6.45. The smallest absolute Gasteiger partial charge is 0.318 e. The lowest BCUT2D eigenvalue weighted by atomic mass is 9.57. The predicted octanol–water partition coefficient (Wildman–Crippen LogP) is 0.652. The molecule has 4 aliphatic rings. The molecule has 3 unspecified atom stereocenters. The highest BCUT2D eigenvalue weighted by Gasteiger charge is 2.63. The van der Waals surface area contributed by atoms with E-state index in [4.69, 9.17) is 0 Å². The zero-order valence-corrected chi connectivity index (χ0v) is 6.45. The van der Waals surface area contributed by atoms with Crippen molar-refractivity contribution in [1.29, 1.82) is 0 Å². The molecule has 0 amide bonds. The first-order chi connectivity index (χ1) is 5.71. The van der Waals surface area contributed by atoms with E-state index in [9.17, 15) is 9.59 Å². The van der Waals surface area contributed by atoms with Gasteiger partial charge in [0.2, 0.25) is 0 Å². The van der Waals surface area contributed by atoms with E-state index in [1.54, 1.807) is 0 Å². The maximum atomic E-state index is 11.2. The summed E-state index contributed by atoms with van der Waals surface area (Å²) in [5.41, 5.74) is -0.128. The van der Waals surface area contributed by atoms with Gasteiger partial charge in [0, 0.05) is 5.41 Å². The third-order valence-electron chi connectivity index (χ3n) is 3.28. The molecule has 1 saturated heterocycles. The van der Waals surface area contributed by atoms with Gasteiger partial charge in [-0.05, 0) is 12.3 Å². The minimum Gasteiger partial charge on any atom is -0.393 e. The number of esters is 2. The topological polar surface area (TPSA) is 43.4 Å². The monoisotopic (exact) mass is 164 g/mol. The molecule has 3 nitrogen and oxygen atoms in total. The Kier molecular flexibility index (Phi) is 0.868. The van der Waals surface area contributed by atoms with Crippen LogP contribution in [0.4, 0.5) is 0 Å². The van der Waals surface area contributed by atoms with Crippen LogP contribution in [0.15, 0.2) is 12.2 Å². The fraction of sp³-hybridized carbons (Fsp3) is 0.556.